The highest BCUT2D eigenvalue weighted by atomic mass is 16.6. The van der Waals surface area contributed by atoms with Gasteiger partial charge in [-0.3, -0.25) is 0 Å². The van der Waals surface area contributed by atoms with Crippen molar-refractivity contribution in [3.63, 3.8) is 0 Å². The molecule has 5 heteroatoms. The molecule has 0 aliphatic rings. The molecule has 0 spiro atoms. The lowest BCUT2D eigenvalue weighted by Gasteiger charge is -2.18. The Morgan fingerprint density at radius 3 is 1.95 bits per heavy atom. The third-order valence-electron chi connectivity index (χ3n) is 2.78. The molecule has 1 aromatic carbocycles. The van der Waals surface area contributed by atoms with E-state index in [1.54, 1.807) is 14.0 Å². The number of hydrogen-bond acceptors (Lipinski definition) is 5. The summed E-state index contributed by atoms with van der Waals surface area (Å²) < 4.78 is 21.8. The molecule has 3 atom stereocenters. The van der Waals surface area contributed by atoms with E-state index in [0.29, 0.717) is 19.8 Å². The van der Waals surface area contributed by atoms with Crippen molar-refractivity contribution in [2.75, 3.05) is 26.9 Å². The van der Waals surface area contributed by atoms with E-state index in [1.807, 2.05) is 38.1 Å². The number of ether oxygens (including phenoxy) is 4. The summed E-state index contributed by atoms with van der Waals surface area (Å²) in [7, 11) is 1.63. The summed E-state index contributed by atoms with van der Waals surface area (Å²) in [4.78, 5) is 0. The van der Waals surface area contributed by atoms with Crippen LogP contribution in [0.25, 0.3) is 0 Å². The van der Waals surface area contributed by atoms with Gasteiger partial charge in [0.15, 0.2) is 0 Å². The van der Waals surface area contributed by atoms with E-state index in [0.717, 1.165) is 11.5 Å². The topological polar surface area (TPSA) is 57.2 Å². The Morgan fingerprint density at radius 1 is 0.857 bits per heavy atom. The minimum Gasteiger partial charge on any atom is -0.497 e. The normalized spacial score (nSPS) is 15.3. The molecule has 5 nitrogen and oxygen atoms in total. The van der Waals surface area contributed by atoms with Gasteiger partial charge in [-0.1, -0.05) is 0 Å². The molecule has 1 N–H and O–H groups in total. The Hall–Kier alpha value is -1.30. The highest BCUT2D eigenvalue weighted by Crippen LogP contribution is 2.17. The molecule has 0 saturated carbocycles. The van der Waals surface area contributed by atoms with Gasteiger partial charge in [0.05, 0.1) is 38.6 Å². The lowest BCUT2D eigenvalue weighted by atomic mass is 10.3. The molecule has 21 heavy (non-hydrogen) atoms. The molecule has 120 valence electrons. The molecule has 0 aliphatic heterocycles. The summed E-state index contributed by atoms with van der Waals surface area (Å²) in [6.45, 7) is 6.82. The monoisotopic (exact) mass is 298 g/mol. The maximum Gasteiger partial charge on any atom is 0.119 e. The molecule has 1 aromatic rings. The minimum absolute atomic E-state index is 0.0373. The number of hydrogen-bond donors (Lipinski definition) is 1. The summed E-state index contributed by atoms with van der Waals surface area (Å²) in [5.41, 5.74) is 0. The maximum absolute atomic E-state index is 9.13. The Morgan fingerprint density at radius 2 is 1.38 bits per heavy atom. The predicted molar refractivity (Wildman–Crippen MR) is 81.0 cm³/mol. The lowest BCUT2D eigenvalue weighted by molar-refractivity contribution is -0.0599. The van der Waals surface area contributed by atoms with E-state index in [1.165, 1.54) is 0 Å². The van der Waals surface area contributed by atoms with Crippen molar-refractivity contribution in [3.8, 4) is 11.5 Å². The molecule has 0 aromatic heterocycles. The van der Waals surface area contributed by atoms with Crippen LogP contribution >= 0.6 is 0 Å². The first-order chi connectivity index (χ1) is 10.0. The first-order valence-electron chi connectivity index (χ1n) is 7.19. The second-order valence-electron chi connectivity index (χ2n) is 5.12. The quantitative estimate of drug-likeness (QED) is 0.718. The van der Waals surface area contributed by atoms with Gasteiger partial charge >= 0.3 is 0 Å². The van der Waals surface area contributed by atoms with Gasteiger partial charge in [0, 0.05) is 0 Å². The van der Waals surface area contributed by atoms with Crippen molar-refractivity contribution in [2.45, 2.75) is 39.1 Å². The van der Waals surface area contributed by atoms with Crippen LogP contribution in [-0.4, -0.2) is 50.3 Å². The molecule has 0 bridgehead atoms. The van der Waals surface area contributed by atoms with E-state index in [4.69, 9.17) is 24.1 Å². The van der Waals surface area contributed by atoms with Crippen LogP contribution in [0.1, 0.15) is 20.8 Å². The van der Waals surface area contributed by atoms with Crippen LogP contribution in [0.4, 0.5) is 0 Å². The van der Waals surface area contributed by atoms with Gasteiger partial charge in [0.25, 0.3) is 0 Å². The summed E-state index contributed by atoms with van der Waals surface area (Å²) >= 11 is 0. The second kappa shape index (κ2) is 9.60. The Bertz CT molecular complexity index is 377. The summed E-state index contributed by atoms with van der Waals surface area (Å²) in [5.74, 6) is 1.58. The molecule has 1 rings (SSSR count). The van der Waals surface area contributed by atoms with Crippen LogP contribution in [0.15, 0.2) is 24.3 Å². The zero-order valence-corrected chi connectivity index (χ0v) is 13.2. The average molecular weight is 298 g/mol. The van der Waals surface area contributed by atoms with E-state index in [9.17, 15) is 0 Å². The standard InChI is InChI=1S/C16H26O5/c1-12(17)9-19-13(2)10-20-14(3)11-21-16-7-5-15(18-4)6-8-16/h5-8,12-14,17H,9-11H2,1-4H3. The van der Waals surface area contributed by atoms with Crippen LogP contribution in [0, 0.1) is 0 Å². The maximum atomic E-state index is 9.13. The van der Waals surface area contributed by atoms with Gasteiger partial charge in [-0.15, -0.1) is 0 Å². The molecular formula is C16H26O5. The summed E-state index contributed by atoms with van der Waals surface area (Å²) in [6, 6.07) is 7.43. The zero-order chi connectivity index (χ0) is 15.7. The smallest absolute Gasteiger partial charge is 0.119 e. The Balaban J connectivity index is 2.19. The first-order valence-corrected chi connectivity index (χ1v) is 7.19. The number of aliphatic hydroxyl groups excluding tert-OH is 1. The molecule has 0 heterocycles. The van der Waals surface area contributed by atoms with Crippen molar-refractivity contribution in [3.05, 3.63) is 24.3 Å². The van der Waals surface area contributed by atoms with Crippen molar-refractivity contribution in [2.24, 2.45) is 0 Å². The molecule has 0 radical (unpaired) electrons. The fourth-order valence-corrected chi connectivity index (χ4v) is 1.59. The number of rotatable bonds is 10. The molecule has 3 unspecified atom stereocenters. The molecule has 0 fully saturated rings. The minimum atomic E-state index is -0.455. The molecule has 0 aliphatic carbocycles. The Kier molecular flexibility index (Phi) is 8.12. The van der Waals surface area contributed by atoms with Gasteiger partial charge < -0.3 is 24.1 Å². The van der Waals surface area contributed by atoms with Gasteiger partial charge in [-0.05, 0) is 45.0 Å². The van der Waals surface area contributed by atoms with E-state index < -0.39 is 6.10 Å². The van der Waals surface area contributed by atoms with Crippen LogP contribution in [-0.2, 0) is 9.47 Å². The SMILES string of the molecule is COc1ccc(OCC(C)OCC(C)OCC(C)O)cc1. The van der Waals surface area contributed by atoms with Crippen LogP contribution in [0.2, 0.25) is 0 Å². The Labute approximate surface area is 126 Å². The van der Waals surface area contributed by atoms with E-state index >= 15 is 0 Å². The molecule has 0 saturated heterocycles. The van der Waals surface area contributed by atoms with E-state index in [2.05, 4.69) is 0 Å². The van der Waals surface area contributed by atoms with E-state index in [-0.39, 0.29) is 12.2 Å². The van der Waals surface area contributed by atoms with Crippen LogP contribution in [0.5, 0.6) is 11.5 Å². The highest BCUT2D eigenvalue weighted by Gasteiger charge is 2.09. The number of benzene rings is 1. The fraction of sp³-hybridized carbons (Fsp3) is 0.625. The second-order valence-corrected chi connectivity index (χ2v) is 5.12. The van der Waals surface area contributed by atoms with Gasteiger partial charge in [0.1, 0.15) is 18.1 Å². The highest BCUT2D eigenvalue weighted by molar-refractivity contribution is 5.31. The summed E-state index contributed by atoms with van der Waals surface area (Å²) in [5, 5.41) is 9.13. The number of methoxy groups -OCH3 is 1. The third kappa shape index (κ3) is 7.90. The van der Waals surface area contributed by atoms with Crippen molar-refractivity contribution in [1.82, 2.24) is 0 Å². The predicted octanol–water partition coefficient (Wildman–Crippen LogP) is 2.27. The molecular weight excluding hydrogens is 272 g/mol. The zero-order valence-electron chi connectivity index (χ0n) is 13.2. The van der Waals surface area contributed by atoms with Gasteiger partial charge in [-0.25, -0.2) is 0 Å². The fourth-order valence-electron chi connectivity index (χ4n) is 1.59. The largest absolute Gasteiger partial charge is 0.497 e. The summed E-state index contributed by atoms with van der Waals surface area (Å²) in [6.07, 6.45) is -0.545. The van der Waals surface area contributed by atoms with Crippen molar-refractivity contribution < 1.29 is 24.1 Å². The molecule has 0 amide bonds. The van der Waals surface area contributed by atoms with Gasteiger partial charge in [0.2, 0.25) is 0 Å². The number of aliphatic hydroxyl groups is 1. The third-order valence-corrected chi connectivity index (χ3v) is 2.78. The van der Waals surface area contributed by atoms with Crippen LogP contribution in [0.3, 0.4) is 0 Å². The van der Waals surface area contributed by atoms with Crippen molar-refractivity contribution >= 4 is 0 Å². The van der Waals surface area contributed by atoms with Crippen molar-refractivity contribution in [1.29, 1.82) is 0 Å². The van der Waals surface area contributed by atoms with Gasteiger partial charge in [-0.2, -0.15) is 0 Å². The average Bonchev–Trinajstić information content (AvgIpc) is 2.49. The first kappa shape index (κ1) is 17.8. The van der Waals surface area contributed by atoms with Crippen LogP contribution < -0.4 is 9.47 Å². The lowest BCUT2D eigenvalue weighted by Crippen LogP contribution is -2.26.